The van der Waals surface area contributed by atoms with Crippen molar-refractivity contribution in [3.63, 3.8) is 0 Å². The van der Waals surface area contributed by atoms with Crippen molar-refractivity contribution >= 4 is 28.4 Å². The molecule has 5 aromatic rings. The molecule has 0 aliphatic heterocycles. The van der Waals surface area contributed by atoms with Crippen molar-refractivity contribution < 1.29 is 14.1 Å². The number of carbonyl (C=O) groups excluding carboxylic acids is 2. The smallest absolute Gasteiger partial charge is 0.290 e. The van der Waals surface area contributed by atoms with Gasteiger partial charge in [0.1, 0.15) is 11.3 Å². The number of rotatable bonds is 7. The van der Waals surface area contributed by atoms with Crippen LogP contribution in [0.25, 0.3) is 27.7 Å². The molecule has 3 N–H and O–H groups in total. The zero-order chi connectivity index (χ0) is 29.0. The van der Waals surface area contributed by atoms with Gasteiger partial charge < -0.3 is 15.6 Å². The summed E-state index contributed by atoms with van der Waals surface area (Å²) in [4.78, 5) is 56.2. The van der Waals surface area contributed by atoms with Crippen LogP contribution in [0.15, 0.2) is 68.7 Å². The predicted molar refractivity (Wildman–Crippen MR) is 153 cm³/mol. The molecule has 11 nitrogen and oxygen atoms in total. The highest BCUT2D eigenvalue weighted by Crippen LogP contribution is 2.33. The average molecular weight is 553 g/mol. The van der Waals surface area contributed by atoms with Crippen molar-refractivity contribution in [2.24, 2.45) is 18.7 Å². The molecule has 3 heterocycles. The number of pyridine rings is 1. The Kier molecular flexibility index (Phi) is 6.21. The largest absolute Gasteiger partial charge is 0.381 e. The van der Waals surface area contributed by atoms with Gasteiger partial charge in [0, 0.05) is 30.5 Å². The van der Waals surface area contributed by atoms with Crippen molar-refractivity contribution in [3.8, 4) is 16.8 Å². The molecular weight excluding hydrogens is 524 g/mol. The number of nitrogens with two attached hydrogens (primary N) is 1. The van der Waals surface area contributed by atoms with Crippen LogP contribution in [0.1, 0.15) is 45.1 Å². The van der Waals surface area contributed by atoms with E-state index in [1.54, 1.807) is 74.1 Å². The van der Waals surface area contributed by atoms with E-state index >= 15 is 0 Å². The van der Waals surface area contributed by atoms with Crippen LogP contribution in [0.2, 0.25) is 0 Å². The first-order valence-corrected chi connectivity index (χ1v) is 13.2. The van der Waals surface area contributed by atoms with Crippen LogP contribution >= 0.6 is 0 Å². The fraction of sp³-hybridized carbons (Fsp3) is 0.233. The molecule has 0 radical (unpaired) electrons. The topological polar surface area (TPSA) is 147 Å². The molecule has 11 heteroatoms. The number of hydrogen-bond acceptors (Lipinski definition) is 6. The minimum absolute atomic E-state index is 0.107. The van der Waals surface area contributed by atoms with Gasteiger partial charge in [-0.1, -0.05) is 18.2 Å². The number of aromatic nitrogens is 4. The third kappa shape index (κ3) is 4.65. The molecular formula is C30H28N6O5. The normalized spacial score (nSPS) is 13.0. The Balaban J connectivity index is 1.48. The van der Waals surface area contributed by atoms with Crippen LogP contribution < -0.4 is 22.2 Å². The third-order valence-corrected chi connectivity index (χ3v) is 7.32. The summed E-state index contributed by atoms with van der Waals surface area (Å²) in [5.74, 6) is -0.245. The summed E-state index contributed by atoms with van der Waals surface area (Å²) < 4.78 is 10.0. The number of anilines is 1. The molecule has 0 bridgehead atoms. The van der Waals surface area contributed by atoms with E-state index in [-0.39, 0.29) is 22.4 Å². The van der Waals surface area contributed by atoms with Crippen LogP contribution in [0.5, 0.6) is 0 Å². The molecule has 208 valence electrons. The fourth-order valence-corrected chi connectivity index (χ4v) is 5.18. The second kappa shape index (κ2) is 9.77. The van der Waals surface area contributed by atoms with E-state index in [0.717, 1.165) is 12.8 Å². The van der Waals surface area contributed by atoms with E-state index in [9.17, 15) is 19.2 Å². The van der Waals surface area contributed by atoms with E-state index in [1.807, 2.05) is 4.68 Å². The van der Waals surface area contributed by atoms with E-state index in [2.05, 4.69) is 10.3 Å². The highest BCUT2D eigenvalue weighted by Gasteiger charge is 2.29. The van der Waals surface area contributed by atoms with Gasteiger partial charge in [-0.05, 0) is 74.6 Å². The maximum Gasteiger partial charge on any atom is 0.290 e. The lowest BCUT2D eigenvalue weighted by atomic mass is 10.1. The van der Waals surface area contributed by atoms with Crippen LogP contribution in [0.3, 0.4) is 0 Å². The van der Waals surface area contributed by atoms with Crippen molar-refractivity contribution in [3.05, 3.63) is 98.0 Å². The summed E-state index contributed by atoms with van der Waals surface area (Å²) in [5, 5.41) is 3.17. The predicted octanol–water partition coefficient (Wildman–Crippen LogP) is 3.52. The highest BCUT2D eigenvalue weighted by molar-refractivity contribution is 6.11. The molecule has 1 saturated carbocycles. The Bertz CT molecular complexity index is 1970. The molecule has 1 aliphatic carbocycles. The highest BCUT2D eigenvalue weighted by atomic mass is 16.5. The van der Waals surface area contributed by atoms with Gasteiger partial charge in [-0.25, -0.2) is 9.67 Å². The van der Waals surface area contributed by atoms with Gasteiger partial charge in [0.05, 0.1) is 16.6 Å². The first kappa shape index (κ1) is 26.1. The molecule has 1 fully saturated rings. The minimum Gasteiger partial charge on any atom is -0.381 e. The molecule has 0 spiro atoms. The first-order chi connectivity index (χ1) is 19.6. The molecule has 6 rings (SSSR count). The van der Waals surface area contributed by atoms with Crippen LogP contribution in [0, 0.1) is 19.8 Å². The van der Waals surface area contributed by atoms with Crippen LogP contribution in [-0.4, -0.2) is 30.9 Å². The van der Waals surface area contributed by atoms with Gasteiger partial charge in [-0.2, -0.15) is 4.74 Å². The molecule has 3 aromatic heterocycles. The molecule has 0 atom stereocenters. The number of nitrogens with one attached hydrogen (secondary N) is 1. The molecule has 2 amide bonds. The Morgan fingerprint density at radius 2 is 1.78 bits per heavy atom. The number of primary amides is 1. The third-order valence-electron chi connectivity index (χ3n) is 7.32. The zero-order valence-corrected chi connectivity index (χ0v) is 22.8. The number of nitrogens with zero attached hydrogens (tertiary/aromatic N) is 4. The SMILES string of the molecule is Cc1cc2c(=O)n(-c3ccc(-c4c(C)on(C)c4=O)cc3)n(CC3CC3)c2c(C(=O)Nc2cccc(C(N)=O)c2)n1. The van der Waals surface area contributed by atoms with Gasteiger partial charge >= 0.3 is 0 Å². The lowest BCUT2D eigenvalue weighted by molar-refractivity contribution is 0.0995. The Labute approximate surface area is 233 Å². The summed E-state index contributed by atoms with van der Waals surface area (Å²) in [6.45, 7) is 3.99. The summed E-state index contributed by atoms with van der Waals surface area (Å²) in [6, 6.07) is 15.1. The quantitative estimate of drug-likeness (QED) is 0.316. The molecule has 0 saturated heterocycles. The minimum atomic E-state index is -0.609. The Morgan fingerprint density at radius 1 is 1.05 bits per heavy atom. The van der Waals surface area contributed by atoms with E-state index < -0.39 is 11.8 Å². The standard InChI is InChI=1S/C30H28N6O5/c1-16-13-23-26(25(32-16)28(38)33-21-6-4-5-20(14-21)27(31)37)35(15-18-7-8-18)36(29(23)39)22-11-9-19(10-12-22)24-17(2)41-34(3)30(24)40/h4-6,9-14,18H,7-8,15H2,1-3H3,(H2,31,37)(H,33,38). The first-order valence-electron chi connectivity index (χ1n) is 13.2. The number of hydrogen-bond donors (Lipinski definition) is 2. The van der Waals surface area contributed by atoms with Gasteiger partial charge in [-0.15, -0.1) is 0 Å². The Hall–Kier alpha value is -5.19. The molecule has 1 aliphatic rings. The number of aryl methyl sites for hydroxylation is 3. The number of carbonyl (C=O) groups is 2. The van der Waals surface area contributed by atoms with Gasteiger partial charge in [-0.3, -0.25) is 23.9 Å². The van der Waals surface area contributed by atoms with E-state index in [1.165, 1.54) is 10.8 Å². The second-order valence-electron chi connectivity index (χ2n) is 10.4. The summed E-state index contributed by atoms with van der Waals surface area (Å²) >= 11 is 0. The lowest BCUT2D eigenvalue weighted by Crippen LogP contribution is -2.22. The number of amides is 2. The van der Waals surface area contributed by atoms with Gasteiger partial charge in [0.2, 0.25) is 5.91 Å². The van der Waals surface area contributed by atoms with Gasteiger partial charge in [0.25, 0.3) is 17.0 Å². The summed E-state index contributed by atoms with van der Waals surface area (Å²) in [6.07, 6.45) is 2.05. The molecule has 2 aromatic carbocycles. The Morgan fingerprint density at radius 3 is 2.41 bits per heavy atom. The van der Waals surface area contributed by atoms with Gasteiger partial charge in [0.15, 0.2) is 5.69 Å². The lowest BCUT2D eigenvalue weighted by Gasteiger charge is -2.15. The maximum atomic E-state index is 13.9. The van der Waals surface area contributed by atoms with Crippen LogP contribution in [-0.2, 0) is 13.6 Å². The summed E-state index contributed by atoms with van der Waals surface area (Å²) in [7, 11) is 1.56. The number of fused-ring (bicyclic) bond motifs is 1. The van der Waals surface area contributed by atoms with Crippen molar-refractivity contribution in [1.29, 1.82) is 0 Å². The molecule has 41 heavy (non-hydrogen) atoms. The number of benzene rings is 2. The van der Waals surface area contributed by atoms with E-state index in [4.69, 9.17) is 10.3 Å². The van der Waals surface area contributed by atoms with Crippen molar-refractivity contribution in [1.82, 2.24) is 19.1 Å². The zero-order valence-electron chi connectivity index (χ0n) is 22.8. The fourth-order valence-electron chi connectivity index (χ4n) is 5.18. The summed E-state index contributed by atoms with van der Waals surface area (Å²) in [5.41, 5.74) is 8.30. The molecule has 0 unspecified atom stereocenters. The average Bonchev–Trinajstić information content (AvgIpc) is 3.67. The van der Waals surface area contributed by atoms with Crippen molar-refractivity contribution in [2.45, 2.75) is 33.2 Å². The van der Waals surface area contributed by atoms with Crippen molar-refractivity contribution in [2.75, 3.05) is 5.32 Å². The van der Waals surface area contributed by atoms with Crippen LogP contribution in [0.4, 0.5) is 5.69 Å². The second-order valence-corrected chi connectivity index (χ2v) is 10.4. The monoisotopic (exact) mass is 552 g/mol. The van der Waals surface area contributed by atoms with E-state index in [0.29, 0.717) is 57.3 Å². The maximum absolute atomic E-state index is 13.9.